The van der Waals surface area contributed by atoms with E-state index in [2.05, 4.69) is 10.3 Å². The van der Waals surface area contributed by atoms with Crippen molar-refractivity contribution in [2.75, 3.05) is 19.8 Å². The van der Waals surface area contributed by atoms with Crippen LogP contribution in [0, 0.1) is 0 Å². The molecule has 0 atom stereocenters. The van der Waals surface area contributed by atoms with Crippen molar-refractivity contribution < 1.29 is 9.53 Å². The number of hydrogen-bond donors (Lipinski definition) is 1. The van der Waals surface area contributed by atoms with Gasteiger partial charge in [-0.1, -0.05) is 30.3 Å². The third-order valence-electron chi connectivity index (χ3n) is 3.47. The van der Waals surface area contributed by atoms with E-state index in [1.165, 1.54) is 11.3 Å². The van der Waals surface area contributed by atoms with Crippen LogP contribution < -0.4 is 5.32 Å². The van der Waals surface area contributed by atoms with E-state index < -0.39 is 0 Å². The molecule has 0 bridgehead atoms. The van der Waals surface area contributed by atoms with Gasteiger partial charge in [0, 0.05) is 36.9 Å². The smallest absolute Gasteiger partial charge is 0.269 e. The summed E-state index contributed by atoms with van der Waals surface area (Å²) in [4.78, 5) is 17.7. The molecule has 2 heterocycles. The van der Waals surface area contributed by atoms with Gasteiger partial charge in [-0.2, -0.15) is 0 Å². The highest BCUT2D eigenvalue weighted by Gasteiger charge is 2.14. The molecule has 0 aliphatic heterocycles. The number of thiazole rings is 1. The van der Waals surface area contributed by atoms with Crippen LogP contribution in [0.4, 0.5) is 0 Å². The predicted octanol–water partition coefficient (Wildman–Crippen LogP) is 3.22. The maximum atomic E-state index is 12.3. The number of ether oxygens (including phenoxy) is 1. The number of hydrogen-bond acceptors (Lipinski definition) is 4. The van der Waals surface area contributed by atoms with E-state index in [-0.39, 0.29) is 5.91 Å². The molecule has 1 amide bonds. The third kappa shape index (κ3) is 3.60. The molecule has 0 radical (unpaired) electrons. The standard InChI is InChI=1S/C17H19N3O2S/c1-2-22-10-6-9-18-16(21)15-12-23-17-19-14(11-20(15)17)13-7-4-3-5-8-13/h3-5,7-8,11-12H,2,6,9-10H2,1H3,(H,18,21). The molecule has 6 heteroatoms. The first kappa shape index (κ1) is 15.7. The molecular weight excluding hydrogens is 310 g/mol. The summed E-state index contributed by atoms with van der Waals surface area (Å²) in [7, 11) is 0. The van der Waals surface area contributed by atoms with Gasteiger partial charge in [-0.3, -0.25) is 9.20 Å². The topological polar surface area (TPSA) is 55.6 Å². The Morgan fingerprint density at radius 3 is 2.96 bits per heavy atom. The van der Waals surface area contributed by atoms with Gasteiger partial charge in [0.2, 0.25) is 0 Å². The molecular formula is C17H19N3O2S. The van der Waals surface area contributed by atoms with E-state index in [4.69, 9.17) is 4.74 Å². The quantitative estimate of drug-likeness (QED) is 0.677. The Morgan fingerprint density at radius 1 is 1.35 bits per heavy atom. The lowest BCUT2D eigenvalue weighted by molar-refractivity contribution is 0.0938. The summed E-state index contributed by atoms with van der Waals surface area (Å²) in [6.45, 7) is 3.94. The number of carbonyl (C=O) groups excluding carboxylic acids is 1. The van der Waals surface area contributed by atoms with Gasteiger partial charge >= 0.3 is 0 Å². The van der Waals surface area contributed by atoms with Crippen LogP contribution >= 0.6 is 11.3 Å². The first-order valence-electron chi connectivity index (χ1n) is 7.67. The van der Waals surface area contributed by atoms with E-state index >= 15 is 0 Å². The number of nitrogens with one attached hydrogen (secondary N) is 1. The van der Waals surface area contributed by atoms with Crippen molar-refractivity contribution in [3.8, 4) is 11.3 Å². The van der Waals surface area contributed by atoms with Gasteiger partial charge < -0.3 is 10.1 Å². The number of fused-ring (bicyclic) bond motifs is 1. The van der Waals surface area contributed by atoms with Gasteiger partial charge in [0.25, 0.3) is 5.91 Å². The molecule has 0 saturated heterocycles. The van der Waals surface area contributed by atoms with Gasteiger partial charge in [0.15, 0.2) is 4.96 Å². The summed E-state index contributed by atoms with van der Waals surface area (Å²) in [6.07, 6.45) is 2.72. The molecule has 0 saturated carbocycles. The fraction of sp³-hybridized carbons (Fsp3) is 0.294. The molecule has 23 heavy (non-hydrogen) atoms. The second-order valence-corrected chi connectivity index (χ2v) is 5.91. The Bertz CT molecular complexity index is 780. The van der Waals surface area contributed by atoms with Crippen LogP contribution in [0.25, 0.3) is 16.2 Å². The van der Waals surface area contributed by atoms with Crippen molar-refractivity contribution in [1.82, 2.24) is 14.7 Å². The number of carbonyl (C=O) groups is 1. The zero-order valence-corrected chi connectivity index (χ0v) is 13.8. The second kappa shape index (κ2) is 7.39. The van der Waals surface area contributed by atoms with E-state index in [0.29, 0.717) is 25.5 Å². The van der Waals surface area contributed by atoms with Gasteiger partial charge in [0.1, 0.15) is 5.69 Å². The molecule has 1 N–H and O–H groups in total. The summed E-state index contributed by atoms with van der Waals surface area (Å²) in [5, 5.41) is 4.77. The largest absolute Gasteiger partial charge is 0.382 e. The monoisotopic (exact) mass is 329 g/mol. The predicted molar refractivity (Wildman–Crippen MR) is 91.9 cm³/mol. The second-order valence-electron chi connectivity index (χ2n) is 5.07. The molecule has 3 aromatic rings. The summed E-state index contributed by atoms with van der Waals surface area (Å²) >= 11 is 1.47. The molecule has 0 spiro atoms. The van der Waals surface area contributed by atoms with Crippen molar-refractivity contribution in [3.63, 3.8) is 0 Å². The van der Waals surface area contributed by atoms with Crippen LogP contribution in [0.2, 0.25) is 0 Å². The zero-order valence-electron chi connectivity index (χ0n) is 13.0. The van der Waals surface area contributed by atoms with Gasteiger partial charge in [-0.25, -0.2) is 4.98 Å². The highest BCUT2D eigenvalue weighted by Crippen LogP contribution is 2.23. The van der Waals surface area contributed by atoms with Gasteiger partial charge in [-0.05, 0) is 13.3 Å². The maximum absolute atomic E-state index is 12.3. The number of aromatic nitrogens is 2. The minimum absolute atomic E-state index is 0.0789. The highest BCUT2D eigenvalue weighted by molar-refractivity contribution is 7.15. The minimum Gasteiger partial charge on any atom is -0.382 e. The Hall–Kier alpha value is -2.18. The van der Waals surface area contributed by atoms with Gasteiger partial charge in [-0.15, -0.1) is 11.3 Å². The van der Waals surface area contributed by atoms with Crippen LogP contribution in [0.15, 0.2) is 41.9 Å². The number of rotatable bonds is 7. The van der Waals surface area contributed by atoms with E-state index in [0.717, 1.165) is 22.6 Å². The summed E-state index contributed by atoms with van der Waals surface area (Å²) in [5.41, 5.74) is 2.55. The van der Waals surface area contributed by atoms with Crippen LogP contribution in [0.1, 0.15) is 23.8 Å². The fourth-order valence-corrected chi connectivity index (χ4v) is 3.16. The molecule has 0 fully saturated rings. The lowest BCUT2D eigenvalue weighted by atomic mass is 10.2. The molecule has 1 aromatic carbocycles. The molecule has 5 nitrogen and oxygen atoms in total. The SMILES string of the molecule is CCOCCCNC(=O)c1csc2nc(-c3ccccc3)cn12. The Kier molecular flexibility index (Phi) is 5.05. The average Bonchev–Trinajstić information content (AvgIpc) is 3.15. The van der Waals surface area contributed by atoms with Crippen LogP contribution in [-0.2, 0) is 4.74 Å². The van der Waals surface area contributed by atoms with Crippen molar-refractivity contribution in [3.05, 3.63) is 47.6 Å². The molecule has 2 aromatic heterocycles. The number of nitrogens with zero attached hydrogens (tertiary/aromatic N) is 2. The highest BCUT2D eigenvalue weighted by atomic mass is 32.1. The first-order valence-corrected chi connectivity index (χ1v) is 8.55. The Morgan fingerprint density at radius 2 is 2.17 bits per heavy atom. The van der Waals surface area contributed by atoms with Crippen molar-refractivity contribution in [2.45, 2.75) is 13.3 Å². The summed E-state index contributed by atoms with van der Waals surface area (Å²) < 4.78 is 7.12. The Labute approximate surface area is 138 Å². The molecule has 0 unspecified atom stereocenters. The fourth-order valence-electron chi connectivity index (χ4n) is 2.31. The first-order chi connectivity index (χ1) is 11.3. The van der Waals surface area contributed by atoms with E-state index in [1.54, 1.807) is 0 Å². The van der Waals surface area contributed by atoms with Crippen molar-refractivity contribution in [1.29, 1.82) is 0 Å². The molecule has 0 aliphatic rings. The van der Waals surface area contributed by atoms with Crippen LogP contribution in [0.3, 0.4) is 0 Å². The van der Waals surface area contributed by atoms with Crippen molar-refractivity contribution in [2.24, 2.45) is 0 Å². The maximum Gasteiger partial charge on any atom is 0.269 e. The zero-order chi connectivity index (χ0) is 16.1. The van der Waals surface area contributed by atoms with Crippen molar-refractivity contribution >= 4 is 22.2 Å². The molecule has 0 aliphatic carbocycles. The minimum atomic E-state index is -0.0789. The number of benzene rings is 1. The molecule has 120 valence electrons. The molecule has 3 rings (SSSR count). The lowest BCUT2D eigenvalue weighted by Gasteiger charge is -2.04. The van der Waals surface area contributed by atoms with Gasteiger partial charge in [0.05, 0.1) is 5.69 Å². The van der Waals surface area contributed by atoms with E-state index in [9.17, 15) is 4.79 Å². The summed E-state index contributed by atoms with van der Waals surface area (Å²) in [6, 6.07) is 9.96. The van der Waals surface area contributed by atoms with Crippen LogP contribution in [0.5, 0.6) is 0 Å². The van der Waals surface area contributed by atoms with Crippen LogP contribution in [-0.4, -0.2) is 35.1 Å². The average molecular weight is 329 g/mol. The normalized spacial score (nSPS) is 11.0. The lowest BCUT2D eigenvalue weighted by Crippen LogP contribution is -2.26. The Balaban J connectivity index is 1.72. The number of imidazole rings is 1. The third-order valence-corrected chi connectivity index (χ3v) is 4.31. The number of amides is 1. The summed E-state index contributed by atoms with van der Waals surface area (Å²) in [5.74, 6) is -0.0789. The van der Waals surface area contributed by atoms with E-state index in [1.807, 2.05) is 53.2 Å².